The van der Waals surface area contributed by atoms with E-state index in [9.17, 15) is 14.0 Å². The van der Waals surface area contributed by atoms with Gasteiger partial charge in [-0.05, 0) is 55.5 Å². The van der Waals surface area contributed by atoms with Crippen molar-refractivity contribution >= 4 is 23.6 Å². The van der Waals surface area contributed by atoms with E-state index in [0.29, 0.717) is 37.5 Å². The van der Waals surface area contributed by atoms with Crippen LogP contribution in [0.4, 0.5) is 4.39 Å². The van der Waals surface area contributed by atoms with Crippen LogP contribution in [0.1, 0.15) is 56.9 Å². The van der Waals surface area contributed by atoms with Crippen molar-refractivity contribution < 1.29 is 28.6 Å². The molecule has 0 aliphatic carbocycles. The molecule has 1 aliphatic heterocycles. The van der Waals surface area contributed by atoms with E-state index in [-0.39, 0.29) is 23.5 Å². The molecule has 2 aromatic carbocycles. The molecule has 0 saturated carbocycles. The second-order valence-corrected chi connectivity index (χ2v) is 9.81. The lowest BCUT2D eigenvalue weighted by atomic mass is 10.1. The van der Waals surface area contributed by atoms with Gasteiger partial charge in [-0.15, -0.1) is 11.8 Å². The molecule has 0 spiro atoms. The quantitative estimate of drug-likeness (QED) is 0.229. The molecule has 0 bridgehead atoms. The van der Waals surface area contributed by atoms with Gasteiger partial charge < -0.3 is 19.5 Å². The SMILES string of the molecule is O=C(O)CCCCCCN1C(=O)CSC1CCCC(OCc1ccccc1)Oc1ccc(F)cc1. The predicted molar refractivity (Wildman–Crippen MR) is 135 cm³/mol. The fourth-order valence-corrected chi connectivity index (χ4v) is 5.22. The number of thioether (sulfide) groups is 1. The Morgan fingerprint density at radius 1 is 1.06 bits per heavy atom. The van der Waals surface area contributed by atoms with Crippen molar-refractivity contribution in [1.29, 1.82) is 0 Å². The first-order valence-corrected chi connectivity index (χ1v) is 13.3. The summed E-state index contributed by atoms with van der Waals surface area (Å²) in [7, 11) is 0. The van der Waals surface area contributed by atoms with Gasteiger partial charge in [0.05, 0.1) is 17.7 Å². The first kappa shape index (κ1) is 27.0. The third kappa shape index (κ3) is 9.90. The number of carboxylic acids is 1. The van der Waals surface area contributed by atoms with Crippen LogP contribution in [0, 0.1) is 5.82 Å². The predicted octanol–water partition coefficient (Wildman–Crippen LogP) is 5.85. The smallest absolute Gasteiger partial charge is 0.303 e. The third-order valence-electron chi connectivity index (χ3n) is 5.86. The third-order valence-corrected chi connectivity index (χ3v) is 7.15. The molecule has 1 aliphatic rings. The zero-order valence-electron chi connectivity index (χ0n) is 19.9. The average Bonchev–Trinajstić information content (AvgIpc) is 3.20. The van der Waals surface area contributed by atoms with Gasteiger partial charge in [-0.3, -0.25) is 9.59 Å². The molecule has 35 heavy (non-hydrogen) atoms. The van der Waals surface area contributed by atoms with Gasteiger partial charge in [-0.1, -0.05) is 43.2 Å². The molecule has 8 heteroatoms. The van der Waals surface area contributed by atoms with E-state index in [1.165, 1.54) is 12.1 Å². The number of unbranched alkanes of at least 4 members (excludes halogenated alkanes) is 3. The Labute approximate surface area is 210 Å². The number of nitrogens with zero attached hydrogens (tertiary/aromatic N) is 1. The topological polar surface area (TPSA) is 76.1 Å². The maximum absolute atomic E-state index is 13.3. The Kier molecular flexibility index (Phi) is 11.4. The molecule has 1 N–H and O–H groups in total. The number of aliphatic carboxylic acids is 1. The van der Waals surface area contributed by atoms with E-state index in [0.717, 1.165) is 37.7 Å². The number of carbonyl (C=O) groups is 2. The van der Waals surface area contributed by atoms with Crippen LogP contribution in [0.2, 0.25) is 0 Å². The minimum atomic E-state index is -0.759. The van der Waals surface area contributed by atoms with Crippen molar-refractivity contribution in [2.24, 2.45) is 0 Å². The summed E-state index contributed by atoms with van der Waals surface area (Å²) < 4.78 is 25.3. The number of benzene rings is 2. The Balaban J connectivity index is 1.46. The molecule has 6 nitrogen and oxygen atoms in total. The van der Waals surface area contributed by atoms with Crippen LogP contribution in [0.5, 0.6) is 5.75 Å². The van der Waals surface area contributed by atoms with Crippen molar-refractivity contribution in [3.05, 3.63) is 66.0 Å². The highest BCUT2D eigenvalue weighted by Crippen LogP contribution is 2.30. The molecule has 1 fully saturated rings. The fourth-order valence-electron chi connectivity index (χ4n) is 3.98. The highest BCUT2D eigenvalue weighted by molar-refractivity contribution is 8.00. The lowest BCUT2D eigenvalue weighted by Gasteiger charge is -2.25. The van der Waals surface area contributed by atoms with Gasteiger partial charge in [0, 0.05) is 19.4 Å². The summed E-state index contributed by atoms with van der Waals surface area (Å²) in [4.78, 5) is 24.9. The van der Waals surface area contributed by atoms with Crippen molar-refractivity contribution in [2.75, 3.05) is 12.3 Å². The van der Waals surface area contributed by atoms with Crippen LogP contribution in [0.15, 0.2) is 54.6 Å². The van der Waals surface area contributed by atoms with E-state index in [1.807, 2.05) is 35.2 Å². The number of halogens is 1. The number of carbonyl (C=O) groups excluding carboxylic acids is 1. The molecule has 0 aromatic heterocycles. The van der Waals surface area contributed by atoms with Crippen LogP contribution in [0.3, 0.4) is 0 Å². The molecule has 3 rings (SSSR count). The summed E-state index contributed by atoms with van der Waals surface area (Å²) in [5.41, 5.74) is 1.05. The number of ether oxygens (including phenoxy) is 2. The minimum absolute atomic E-state index is 0.141. The lowest BCUT2D eigenvalue weighted by Crippen LogP contribution is -2.34. The molecule has 2 unspecified atom stereocenters. The van der Waals surface area contributed by atoms with E-state index >= 15 is 0 Å². The Morgan fingerprint density at radius 2 is 1.80 bits per heavy atom. The largest absolute Gasteiger partial charge is 0.481 e. The number of carboxylic acid groups (broad SMARTS) is 1. The van der Waals surface area contributed by atoms with Gasteiger partial charge in [0.15, 0.2) is 6.29 Å². The van der Waals surface area contributed by atoms with Gasteiger partial charge in [0.2, 0.25) is 5.91 Å². The molecule has 2 atom stereocenters. The van der Waals surface area contributed by atoms with Crippen LogP contribution in [-0.2, 0) is 20.9 Å². The standard InChI is InChI=1S/C27H34FNO5S/c28-22-14-16-23(17-15-22)34-27(33-19-21-9-4-3-5-10-21)13-8-11-25-29(24(30)20-35-25)18-7-2-1-6-12-26(31)32/h3-5,9-10,14-17,25,27H,1-2,6-8,11-13,18-20H2,(H,31,32). The average molecular weight is 504 g/mol. The zero-order chi connectivity index (χ0) is 24.9. The van der Waals surface area contributed by atoms with Gasteiger partial charge in [0.25, 0.3) is 0 Å². The molecular formula is C27H34FNO5S. The Morgan fingerprint density at radius 3 is 2.54 bits per heavy atom. The first-order valence-electron chi connectivity index (χ1n) is 12.2. The van der Waals surface area contributed by atoms with E-state index in [2.05, 4.69) is 0 Å². The van der Waals surface area contributed by atoms with E-state index in [4.69, 9.17) is 14.6 Å². The first-order chi connectivity index (χ1) is 17.0. The van der Waals surface area contributed by atoms with Crippen LogP contribution >= 0.6 is 11.8 Å². The maximum Gasteiger partial charge on any atom is 0.303 e. The summed E-state index contributed by atoms with van der Waals surface area (Å²) >= 11 is 1.67. The van der Waals surface area contributed by atoms with Crippen molar-refractivity contribution in [2.45, 2.75) is 69.6 Å². The minimum Gasteiger partial charge on any atom is -0.481 e. The number of rotatable bonds is 16. The second-order valence-electron chi connectivity index (χ2n) is 8.64. The van der Waals surface area contributed by atoms with Gasteiger partial charge >= 0.3 is 5.97 Å². The summed E-state index contributed by atoms with van der Waals surface area (Å²) in [5.74, 6) is 0.156. The molecular weight excluding hydrogens is 469 g/mol. The number of hydrogen-bond donors (Lipinski definition) is 1. The van der Waals surface area contributed by atoms with Crippen molar-refractivity contribution in [3.8, 4) is 5.75 Å². The summed E-state index contributed by atoms with van der Waals surface area (Å²) in [5, 5.41) is 8.87. The highest BCUT2D eigenvalue weighted by Gasteiger charge is 2.30. The molecule has 190 valence electrons. The van der Waals surface area contributed by atoms with Crippen LogP contribution < -0.4 is 4.74 Å². The van der Waals surface area contributed by atoms with Crippen molar-refractivity contribution in [3.63, 3.8) is 0 Å². The zero-order valence-corrected chi connectivity index (χ0v) is 20.8. The monoisotopic (exact) mass is 503 g/mol. The molecule has 1 saturated heterocycles. The van der Waals surface area contributed by atoms with Gasteiger partial charge in [-0.25, -0.2) is 4.39 Å². The van der Waals surface area contributed by atoms with Crippen LogP contribution in [0.25, 0.3) is 0 Å². The molecule has 1 heterocycles. The van der Waals surface area contributed by atoms with Crippen LogP contribution in [-0.4, -0.2) is 45.8 Å². The molecule has 2 aromatic rings. The highest BCUT2D eigenvalue weighted by atomic mass is 32.2. The van der Waals surface area contributed by atoms with E-state index < -0.39 is 12.3 Å². The fraction of sp³-hybridized carbons (Fsp3) is 0.481. The summed E-state index contributed by atoms with van der Waals surface area (Å²) in [6.45, 7) is 1.13. The number of amides is 1. The van der Waals surface area contributed by atoms with Gasteiger partial charge in [-0.2, -0.15) is 0 Å². The maximum atomic E-state index is 13.3. The van der Waals surface area contributed by atoms with E-state index in [1.54, 1.807) is 23.9 Å². The molecule has 1 amide bonds. The number of hydrogen-bond acceptors (Lipinski definition) is 5. The summed E-state index contributed by atoms with van der Waals surface area (Å²) in [6.07, 6.45) is 5.40. The molecule has 0 radical (unpaired) electrons. The lowest BCUT2D eigenvalue weighted by molar-refractivity contribution is -0.137. The normalized spacial score (nSPS) is 16.4. The summed E-state index contributed by atoms with van der Waals surface area (Å²) in [6, 6.07) is 15.8. The second kappa shape index (κ2) is 14.7. The van der Waals surface area contributed by atoms with Gasteiger partial charge in [0.1, 0.15) is 11.6 Å². The Hall–Kier alpha value is -2.58. The van der Waals surface area contributed by atoms with Crippen molar-refractivity contribution in [1.82, 2.24) is 4.90 Å². The Bertz CT molecular complexity index is 912.